The molecule has 1 aromatic carbocycles. The Labute approximate surface area is 106 Å². The Morgan fingerprint density at radius 1 is 1.44 bits per heavy atom. The molecule has 0 spiro atoms. The molecule has 1 fully saturated rings. The fourth-order valence-corrected chi connectivity index (χ4v) is 3.52. The van der Waals surface area contributed by atoms with Gasteiger partial charge in [0, 0.05) is 16.6 Å². The molecule has 86 valence electrons. The lowest BCUT2D eigenvalue weighted by molar-refractivity contribution is 0.504. The Morgan fingerprint density at radius 2 is 2.31 bits per heavy atom. The maximum atomic E-state index is 3.82. The van der Waals surface area contributed by atoms with E-state index in [1.54, 1.807) is 0 Å². The van der Waals surface area contributed by atoms with Gasteiger partial charge in [-0.15, -0.1) is 0 Å². The van der Waals surface area contributed by atoms with Gasteiger partial charge in [0.25, 0.3) is 0 Å². The third-order valence-corrected chi connectivity index (χ3v) is 4.82. The summed E-state index contributed by atoms with van der Waals surface area (Å²) in [5.41, 5.74) is 3.05. The smallest absolute Gasteiger partial charge is 0.0329 e. The van der Waals surface area contributed by atoms with E-state index in [1.807, 2.05) is 0 Å². The lowest BCUT2D eigenvalue weighted by Gasteiger charge is -2.14. The Bertz CT molecular complexity index is 402. The second-order valence-corrected chi connectivity index (χ2v) is 5.93. The molecule has 3 unspecified atom stereocenters. The number of fused-ring (bicyclic) bond motifs is 1. The summed E-state index contributed by atoms with van der Waals surface area (Å²) in [4.78, 5) is 0. The lowest BCUT2D eigenvalue weighted by atomic mass is 10.1. The van der Waals surface area contributed by atoms with Gasteiger partial charge in [0.2, 0.25) is 0 Å². The molecule has 0 aromatic heterocycles. The number of hydrogen-bond acceptors (Lipinski definition) is 1. The molecule has 1 N–H and O–H groups in total. The van der Waals surface area contributed by atoms with Crippen molar-refractivity contribution < 1.29 is 0 Å². The lowest BCUT2D eigenvalue weighted by Crippen LogP contribution is -2.22. The van der Waals surface area contributed by atoms with Gasteiger partial charge in [-0.2, -0.15) is 0 Å². The summed E-state index contributed by atoms with van der Waals surface area (Å²) in [6.45, 7) is 2.30. The van der Waals surface area contributed by atoms with Gasteiger partial charge in [0.1, 0.15) is 0 Å². The van der Waals surface area contributed by atoms with Crippen LogP contribution >= 0.6 is 15.9 Å². The minimum absolute atomic E-state index is 0.606. The van der Waals surface area contributed by atoms with Gasteiger partial charge in [-0.05, 0) is 42.4 Å². The summed E-state index contributed by atoms with van der Waals surface area (Å²) < 4.78 is 1.29. The number of rotatable bonds is 3. The van der Waals surface area contributed by atoms with Gasteiger partial charge in [-0.1, -0.05) is 41.4 Å². The average molecular weight is 280 g/mol. The molecular formula is C14H18BrN. The van der Waals surface area contributed by atoms with Gasteiger partial charge < -0.3 is 5.32 Å². The first kappa shape index (κ1) is 10.8. The Balaban J connectivity index is 1.74. The summed E-state index contributed by atoms with van der Waals surface area (Å²) in [5, 5.41) is 3.82. The van der Waals surface area contributed by atoms with Crippen LogP contribution in [0.4, 0.5) is 0 Å². The first-order valence-electron chi connectivity index (χ1n) is 6.33. The molecule has 0 saturated heterocycles. The molecule has 1 aromatic rings. The highest BCUT2D eigenvalue weighted by molar-refractivity contribution is 9.10. The first-order chi connectivity index (χ1) is 7.79. The number of benzene rings is 1. The van der Waals surface area contributed by atoms with Crippen molar-refractivity contribution in [3.63, 3.8) is 0 Å². The maximum Gasteiger partial charge on any atom is 0.0329 e. The third-order valence-electron chi connectivity index (χ3n) is 4.08. The van der Waals surface area contributed by atoms with E-state index in [-0.39, 0.29) is 0 Å². The van der Waals surface area contributed by atoms with Crippen LogP contribution in [0, 0.1) is 5.92 Å². The predicted octanol–water partition coefficient (Wildman–Crippen LogP) is 3.82. The zero-order valence-corrected chi connectivity index (χ0v) is 11.3. The molecule has 1 saturated carbocycles. The van der Waals surface area contributed by atoms with E-state index in [4.69, 9.17) is 0 Å². The molecular weight excluding hydrogens is 262 g/mol. The first-order valence-corrected chi connectivity index (χ1v) is 7.12. The van der Waals surface area contributed by atoms with Gasteiger partial charge >= 0.3 is 0 Å². The molecule has 3 atom stereocenters. The van der Waals surface area contributed by atoms with E-state index in [2.05, 4.69) is 46.4 Å². The van der Waals surface area contributed by atoms with Crippen LogP contribution in [-0.2, 0) is 6.42 Å². The summed E-state index contributed by atoms with van der Waals surface area (Å²) in [6, 6.07) is 8.00. The molecule has 16 heavy (non-hydrogen) atoms. The van der Waals surface area contributed by atoms with Gasteiger partial charge in [-0.25, -0.2) is 0 Å². The van der Waals surface area contributed by atoms with E-state index in [0.29, 0.717) is 6.04 Å². The highest BCUT2D eigenvalue weighted by Gasteiger charge is 2.38. The Morgan fingerprint density at radius 3 is 3.06 bits per heavy atom. The maximum absolute atomic E-state index is 3.82. The van der Waals surface area contributed by atoms with E-state index in [1.165, 1.54) is 41.3 Å². The van der Waals surface area contributed by atoms with Crippen molar-refractivity contribution in [2.45, 2.75) is 44.7 Å². The molecule has 3 rings (SSSR count). The van der Waals surface area contributed by atoms with Gasteiger partial charge in [0.05, 0.1) is 0 Å². The van der Waals surface area contributed by atoms with E-state index in [9.17, 15) is 0 Å². The van der Waals surface area contributed by atoms with Crippen LogP contribution in [0.5, 0.6) is 0 Å². The summed E-state index contributed by atoms with van der Waals surface area (Å²) in [7, 11) is 0. The zero-order chi connectivity index (χ0) is 11.1. The van der Waals surface area contributed by atoms with E-state index >= 15 is 0 Å². The Hall–Kier alpha value is -0.340. The second kappa shape index (κ2) is 4.15. The number of hydrogen-bond donors (Lipinski definition) is 1. The van der Waals surface area contributed by atoms with E-state index in [0.717, 1.165) is 12.0 Å². The molecule has 2 aliphatic carbocycles. The van der Waals surface area contributed by atoms with Crippen molar-refractivity contribution in [3.8, 4) is 0 Å². The Kier molecular flexibility index (Phi) is 2.80. The average Bonchev–Trinajstić information content (AvgIpc) is 2.91. The van der Waals surface area contributed by atoms with Gasteiger partial charge in [-0.3, -0.25) is 0 Å². The van der Waals surface area contributed by atoms with Crippen LogP contribution in [0.2, 0.25) is 0 Å². The molecule has 0 radical (unpaired) electrons. The molecule has 0 bridgehead atoms. The summed E-state index contributed by atoms with van der Waals surface area (Å²) in [5.74, 6) is 0.941. The minimum atomic E-state index is 0.606. The van der Waals surface area contributed by atoms with Crippen LogP contribution in [0.25, 0.3) is 0 Å². The van der Waals surface area contributed by atoms with Crippen LogP contribution in [0.3, 0.4) is 0 Å². The largest absolute Gasteiger partial charge is 0.307 e. The predicted molar refractivity (Wildman–Crippen MR) is 70.5 cm³/mol. The van der Waals surface area contributed by atoms with Crippen molar-refractivity contribution in [1.82, 2.24) is 5.32 Å². The van der Waals surface area contributed by atoms with Crippen molar-refractivity contribution in [2.24, 2.45) is 5.92 Å². The molecule has 2 aliphatic rings. The highest BCUT2D eigenvalue weighted by atomic mass is 79.9. The molecule has 1 nitrogen and oxygen atoms in total. The summed E-state index contributed by atoms with van der Waals surface area (Å²) in [6.07, 6.45) is 5.20. The van der Waals surface area contributed by atoms with E-state index < -0.39 is 0 Å². The third kappa shape index (κ3) is 1.82. The summed E-state index contributed by atoms with van der Waals surface area (Å²) >= 11 is 3.65. The van der Waals surface area contributed by atoms with Crippen molar-refractivity contribution in [1.29, 1.82) is 0 Å². The number of nitrogens with one attached hydrogen (secondary N) is 1. The van der Waals surface area contributed by atoms with Crippen LogP contribution < -0.4 is 5.32 Å². The van der Waals surface area contributed by atoms with Crippen molar-refractivity contribution >= 4 is 15.9 Å². The van der Waals surface area contributed by atoms with Crippen LogP contribution in [0.1, 0.15) is 43.4 Å². The normalized spacial score (nSPS) is 31.5. The molecule has 0 aliphatic heterocycles. The minimum Gasteiger partial charge on any atom is -0.307 e. The molecule has 0 amide bonds. The topological polar surface area (TPSA) is 12.0 Å². The van der Waals surface area contributed by atoms with Crippen molar-refractivity contribution in [3.05, 3.63) is 33.8 Å². The van der Waals surface area contributed by atoms with Gasteiger partial charge in [0.15, 0.2) is 0 Å². The van der Waals surface area contributed by atoms with Crippen LogP contribution in [-0.4, -0.2) is 6.04 Å². The fourth-order valence-electron chi connectivity index (χ4n) is 2.94. The standard InChI is InChI=1S/C14H18BrN/c1-2-9-8-14(9)16-13-7-6-10-11(13)4-3-5-12(10)15/h3-5,9,13-14,16H,2,6-8H2,1H3. The monoisotopic (exact) mass is 279 g/mol. The highest BCUT2D eigenvalue weighted by Crippen LogP contribution is 2.40. The van der Waals surface area contributed by atoms with Crippen LogP contribution in [0.15, 0.2) is 22.7 Å². The molecule has 2 heteroatoms. The quantitative estimate of drug-likeness (QED) is 0.887. The van der Waals surface area contributed by atoms with Crippen molar-refractivity contribution in [2.75, 3.05) is 0 Å². The second-order valence-electron chi connectivity index (χ2n) is 5.08. The molecule has 0 heterocycles. The zero-order valence-electron chi connectivity index (χ0n) is 9.67. The fraction of sp³-hybridized carbons (Fsp3) is 0.571. The number of halogens is 1. The SMILES string of the molecule is CCC1CC1NC1CCc2c(Br)cccc21.